The van der Waals surface area contributed by atoms with Gasteiger partial charge in [-0.25, -0.2) is 9.97 Å². The van der Waals surface area contributed by atoms with Crippen LogP contribution in [0.5, 0.6) is 0 Å². The molecule has 1 rings (SSSR count). The minimum absolute atomic E-state index is 0.109. The van der Waals surface area contributed by atoms with Crippen molar-refractivity contribution in [3.8, 4) is 0 Å². The predicted molar refractivity (Wildman–Crippen MR) is 55.2 cm³/mol. The van der Waals surface area contributed by atoms with Gasteiger partial charge in [-0.15, -0.1) is 0 Å². The third-order valence-corrected chi connectivity index (χ3v) is 2.24. The number of aromatic nitrogens is 2. The van der Waals surface area contributed by atoms with E-state index in [-0.39, 0.29) is 23.2 Å². The second kappa shape index (κ2) is 4.39. The standard InChI is InChI=1S/C11H15F3N2/c1-6(2)8-5-15-10(7(3)4)16-9(8)11(12,13)14/h5-7H,1-4H3. The van der Waals surface area contributed by atoms with Crippen LogP contribution in [0.15, 0.2) is 6.20 Å². The lowest BCUT2D eigenvalue weighted by Crippen LogP contribution is -2.16. The zero-order chi connectivity index (χ0) is 12.5. The highest BCUT2D eigenvalue weighted by Crippen LogP contribution is 2.33. The number of hydrogen-bond donors (Lipinski definition) is 0. The topological polar surface area (TPSA) is 25.8 Å². The summed E-state index contributed by atoms with van der Waals surface area (Å²) in [6, 6.07) is 0. The lowest BCUT2D eigenvalue weighted by Gasteiger charge is -2.15. The molecular formula is C11H15F3N2. The molecule has 0 N–H and O–H groups in total. The van der Waals surface area contributed by atoms with Crippen molar-refractivity contribution in [2.24, 2.45) is 0 Å². The molecule has 0 aliphatic heterocycles. The Morgan fingerprint density at radius 1 is 1.06 bits per heavy atom. The van der Waals surface area contributed by atoms with Gasteiger partial charge in [-0.05, 0) is 5.92 Å². The van der Waals surface area contributed by atoms with Gasteiger partial charge in [-0.1, -0.05) is 27.7 Å². The van der Waals surface area contributed by atoms with Crippen molar-refractivity contribution in [1.82, 2.24) is 9.97 Å². The summed E-state index contributed by atoms with van der Waals surface area (Å²) in [6.45, 7) is 6.93. The van der Waals surface area contributed by atoms with Crippen LogP contribution in [0.2, 0.25) is 0 Å². The normalized spacial score (nSPS) is 12.6. The summed E-state index contributed by atoms with van der Waals surface area (Å²) in [6.07, 6.45) is -3.12. The van der Waals surface area contributed by atoms with E-state index < -0.39 is 11.9 Å². The summed E-state index contributed by atoms with van der Waals surface area (Å²) in [4.78, 5) is 7.59. The van der Waals surface area contributed by atoms with Crippen molar-refractivity contribution in [1.29, 1.82) is 0 Å². The number of rotatable bonds is 2. The Bertz CT molecular complexity index is 370. The van der Waals surface area contributed by atoms with Gasteiger partial charge in [0.05, 0.1) is 0 Å². The molecule has 0 unspecified atom stereocenters. The molecule has 1 aromatic rings. The average molecular weight is 232 g/mol. The lowest BCUT2D eigenvalue weighted by atomic mass is 10.0. The minimum atomic E-state index is -4.41. The summed E-state index contributed by atoms with van der Waals surface area (Å²) in [5.74, 6) is -0.114. The maximum Gasteiger partial charge on any atom is 0.433 e. The van der Waals surface area contributed by atoms with Crippen molar-refractivity contribution in [3.05, 3.63) is 23.3 Å². The fraction of sp³-hybridized carbons (Fsp3) is 0.636. The van der Waals surface area contributed by atoms with E-state index in [4.69, 9.17) is 0 Å². The smallest absolute Gasteiger partial charge is 0.241 e. The predicted octanol–water partition coefficient (Wildman–Crippen LogP) is 3.74. The zero-order valence-corrected chi connectivity index (χ0v) is 9.76. The minimum Gasteiger partial charge on any atom is -0.241 e. The van der Waals surface area contributed by atoms with Crippen LogP contribution in [0.3, 0.4) is 0 Å². The maximum atomic E-state index is 12.8. The van der Waals surface area contributed by atoms with Gasteiger partial charge < -0.3 is 0 Å². The second-order valence-electron chi connectivity index (χ2n) is 4.34. The second-order valence-corrected chi connectivity index (χ2v) is 4.34. The van der Waals surface area contributed by atoms with E-state index in [0.29, 0.717) is 0 Å². The van der Waals surface area contributed by atoms with Crippen molar-refractivity contribution in [3.63, 3.8) is 0 Å². The van der Waals surface area contributed by atoms with Gasteiger partial charge >= 0.3 is 6.18 Å². The Hall–Kier alpha value is -1.13. The summed E-state index contributed by atoms with van der Waals surface area (Å²) < 4.78 is 38.3. The molecule has 0 saturated carbocycles. The van der Waals surface area contributed by atoms with Crippen LogP contribution in [-0.2, 0) is 6.18 Å². The Kier molecular flexibility index (Phi) is 3.55. The van der Waals surface area contributed by atoms with Crippen molar-refractivity contribution < 1.29 is 13.2 Å². The summed E-state index contributed by atoms with van der Waals surface area (Å²) >= 11 is 0. The Labute approximate surface area is 92.9 Å². The highest BCUT2D eigenvalue weighted by atomic mass is 19.4. The fourth-order valence-corrected chi connectivity index (χ4v) is 1.33. The van der Waals surface area contributed by atoms with E-state index in [2.05, 4.69) is 9.97 Å². The van der Waals surface area contributed by atoms with Gasteiger partial charge in [0.1, 0.15) is 5.82 Å². The van der Waals surface area contributed by atoms with Gasteiger partial charge in [0.15, 0.2) is 5.69 Å². The molecule has 0 saturated heterocycles. The first kappa shape index (κ1) is 12.9. The van der Waals surface area contributed by atoms with Crippen molar-refractivity contribution >= 4 is 0 Å². The number of hydrogen-bond acceptors (Lipinski definition) is 2. The van der Waals surface area contributed by atoms with E-state index in [0.717, 1.165) is 0 Å². The molecule has 1 aromatic heterocycles. The first-order valence-electron chi connectivity index (χ1n) is 5.17. The largest absolute Gasteiger partial charge is 0.433 e. The molecule has 2 nitrogen and oxygen atoms in total. The number of alkyl halides is 3. The van der Waals surface area contributed by atoms with Crippen LogP contribution in [0, 0.1) is 0 Å². The van der Waals surface area contributed by atoms with Crippen LogP contribution in [0.4, 0.5) is 13.2 Å². The quantitative estimate of drug-likeness (QED) is 0.776. The number of halogens is 3. The molecule has 0 fully saturated rings. The van der Waals surface area contributed by atoms with Gasteiger partial charge in [-0.3, -0.25) is 0 Å². The van der Waals surface area contributed by atoms with Crippen LogP contribution in [0.1, 0.15) is 56.6 Å². The lowest BCUT2D eigenvalue weighted by molar-refractivity contribution is -0.142. The van der Waals surface area contributed by atoms with Crippen molar-refractivity contribution in [2.75, 3.05) is 0 Å². The summed E-state index contributed by atoms with van der Waals surface area (Å²) in [7, 11) is 0. The summed E-state index contributed by atoms with van der Waals surface area (Å²) in [5, 5.41) is 0. The molecule has 0 radical (unpaired) electrons. The average Bonchev–Trinajstić information content (AvgIpc) is 2.15. The molecule has 0 spiro atoms. The SMILES string of the molecule is CC(C)c1ncc(C(C)C)c(C(F)(F)F)n1. The molecule has 0 amide bonds. The molecule has 0 aliphatic carbocycles. The molecule has 1 heterocycles. The van der Waals surface area contributed by atoms with Crippen LogP contribution in [-0.4, -0.2) is 9.97 Å². The maximum absolute atomic E-state index is 12.8. The fourth-order valence-electron chi connectivity index (χ4n) is 1.33. The van der Waals surface area contributed by atoms with Gasteiger partial charge in [0.2, 0.25) is 0 Å². The van der Waals surface area contributed by atoms with Gasteiger partial charge in [0.25, 0.3) is 0 Å². The van der Waals surface area contributed by atoms with E-state index in [1.54, 1.807) is 27.7 Å². The Morgan fingerprint density at radius 3 is 2.00 bits per heavy atom. The third-order valence-electron chi connectivity index (χ3n) is 2.24. The molecule has 16 heavy (non-hydrogen) atoms. The molecule has 90 valence electrons. The third kappa shape index (κ3) is 2.71. The number of nitrogens with zero attached hydrogens (tertiary/aromatic N) is 2. The Morgan fingerprint density at radius 2 is 1.62 bits per heavy atom. The van der Waals surface area contributed by atoms with E-state index in [9.17, 15) is 13.2 Å². The molecule has 0 bridgehead atoms. The first-order chi connectivity index (χ1) is 7.23. The van der Waals surface area contributed by atoms with Gasteiger partial charge in [0, 0.05) is 17.7 Å². The zero-order valence-electron chi connectivity index (χ0n) is 9.76. The molecule has 0 aromatic carbocycles. The van der Waals surface area contributed by atoms with Gasteiger partial charge in [-0.2, -0.15) is 13.2 Å². The van der Waals surface area contributed by atoms with Crippen LogP contribution in [0.25, 0.3) is 0 Å². The molecule has 0 atom stereocenters. The Balaban J connectivity index is 3.33. The highest BCUT2D eigenvalue weighted by Gasteiger charge is 2.36. The monoisotopic (exact) mass is 232 g/mol. The van der Waals surface area contributed by atoms with Crippen LogP contribution < -0.4 is 0 Å². The van der Waals surface area contributed by atoms with Crippen LogP contribution >= 0.6 is 0 Å². The molecule has 0 aliphatic rings. The first-order valence-corrected chi connectivity index (χ1v) is 5.17. The van der Waals surface area contributed by atoms with E-state index in [1.807, 2.05) is 0 Å². The summed E-state index contributed by atoms with van der Waals surface area (Å²) in [5.41, 5.74) is -0.655. The molecular weight excluding hydrogens is 217 g/mol. The van der Waals surface area contributed by atoms with E-state index in [1.165, 1.54) is 6.20 Å². The van der Waals surface area contributed by atoms with E-state index >= 15 is 0 Å². The van der Waals surface area contributed by atoms with Crippen molar-refractivity contribution in [2.45, 2.75) is 45.7 Å². The highest BCUT2D eigenvalue weighted by molar-refractivity contribution is 5.24. The molecule has 5 heteroatoms.